The zero-order valence-corrected chi connectivity index (χ0v) is 12.3. The Morgan fingerprint density at radius 3 is 2.67 bits per heavy atom. The Balaban J connectivity index is 2.34. The smallest absolute Gasteiger partial charge is 0.336 e. The molecular weight excluding hydrogens is 270 g/mol. The van der Waals surface area contributed by atoms with Gasteiger partial charge < -0.3 is 14.8 Å². The summed E-state index contributed by atoms with van der Waals surface area (Å²) in [6.45, 7) is 5.91. The summed E-state index contributed by atoms with van der Waals surface area (Å²) in [7, 11) is 0. The molecule has 0 radical (unpaired) electrons. The summed E-state index contributed by atoms with van der Waals surface area (Å²) >= 11 is 0. The van der Waals surface area contributed by atoms with Crippen LogP contribution in [-0.2, 0) is 11.3 Å². The van der Waals surface area contributed by atoms with Crippen LogP contribution in [0.3, 0.4) is 0 Å². The second kappa shape index (κ2) is 6.10. The molecule has 0 aliphatic heterocycles. The van der Waals surface area contributed by atoms with E-state index in [-0.39, 0.29) is 5.92 Å². The first-order valence-corrected chi connectivity index (χ1v) is 6.88. The van der Waals surface area contributed by atoms with Crippen molar-refractivity contribution in [2.45, 2.75) is 33.4 Å². The Labute approximate surface area is 122 Å². The summed E-state index contributed by atoms with van der Waals surface area (Å²) in [6.07, 6.45) is 0. The summed E-state index contributed by atoms with van der Waals surface area (Å²) in [5.74, 6) is -0.941. The Kier molecular flexibility index (Phi) is 4.43. The molecule has 2 rings (SSSR count). The van der Waals surface area contributed by atoms with E-state index < -0.39 is 17.6 Å². The van der Waals surface area contributed by atoms with Gasteiger partial charge in [0.25, 0.3) is 0 Å². The molecule has 1 atom stereocenters. The lowest BCUT2D eigenvalue weighted by Gasteiger charge is -2.18. The second-order valence-electron chi connectivity index (χ2n) is 5.53. The molecule has 112 valence electrons. The van der Waals surface area contributed by atoms with E-state index in [1.807, 2.05) is 32.9 Å². The highest BCUT2D eigenvalue weighted by Crippen LogP contribution is 2.18. The van der Waals surface area contributed by atoms with Crippen molar-refractivity contribution in [1.82, 2.24) is 5.32 Å². The first-order valence-electron chi connectivity index (χ1n) is 6.88. The number of carbonyl (C=O) groups is 1. The third kappa shape index (κ3) is 3.49. The molecule has 1 aromatic carbocycles. The van der Waals surface area contributed by atoms with Gasteiger partial charge in [-0.25, -0.2) is 4.79 Å². The van der Waals surface area contributed by atoms with Crippen LogP contribution >= 0.6 is 0 Å². The largest absolute Gasteiger partial charge is 0.480 e. The third-order valence-electron chi connectivity index (χ3n) is 3.43. The molecule has 0 amide bonds. The number of fused-ring (bicyclic) bond motifs is 1. The molecule has 0 bridgehead atoms. The Morgan fingerprint density at radius 1 is 1.33 bits per heavy atom. The molecule has 0 aliphatic rings. The van der Waals surface area contributed by atoms with Gasteiger partial charge in [0.2, 0.25) is 0 Å². The van der Waals surface area contributed by atoms with Crippen molar-refractivity contribution >= 4 is 16.9 Å². The van der Waals surface area contributed by atoms with Crippen molar-refractivity contribution in [2.24, 2.45) is 5.92 Å². The van der Waals surface area contributed by atoms with Gasteiger partial charge in [-0.1, -0.05) is 26.0 Å². The summed E-state index contributed by atoms with van der Waals surface area (Å²) in [4.78, 5) is 22.8. The van der Waals surface area contributed by atoms with E-state index in [1.165, 1.54) is 6.07 Å². The van der Waals surface area contributed by atoms with Crippen molar-refractivity contribution in [3.63, 3.8) is 0 Å². The van der Waals surface area contributed by atoms with Crippen LogP contribution < -0.4 is 10.9 Å². The van der Waals surface area contributed by atoms with Crippen LogP contribution in [0, 0.1) is 12.8 Å². The SMILES string of the molecule is Cc1ccc2c(CNC(C(=O)O)C(C)C)cc(=O)oc2c1. The number of carboxylic acid groups (broad SMARTS) is 1. The molecule has 0 saturated heterocycles. The molecule has 0 saturated carbocycles. The van der Waals surface area contributed by atoms with Crippen molar-refractivity contribution < 1.29 is 14.3 Å². The van der Waals surface area contributed by atoms with Gasteiger partial charge in [-0.05, 0) is 30.0 Å². The van der Waals surface area contributed by atoms with E-state index in [1.54, 1.807) is 6.07 Å². The fraction of sp³-hybridized carbons (Fsp3) is 0.375. The zero-order chi connectivity index (χ0) is 15.6. The van der Waals surface area contributed by atoms with E-state index >= 15 is 0 Å². The van der Waals surface area contributed by atoms with Gasteiger partial charge in [-0.15, -0.1) is 0 Å². The van der Waals surface area contributed by atoms with E-state index in [4.69, 9.17) is 4.42 Å². The normalized spacial score (nSPS) is 12.8. The Morgan fingerprint density at radius 2 is 2.05 bits per heavy atom. The molecule has 0 fully saturated rings. The highest BCUT2D eigenvalue weighted by Gasteiger charge is 2.21. The van der Waals surface area contributed by atoms with Crippen LogP contribution in [0.15, 0.2) is 33.5 Å². The van der Waals surface area contributed by atoms with Crippen LogP contribution in [0.25, 0.3) is 11.0 Å². The minimum absolute atomic E-state index is 0.0452. The van der Waals surface area contributed by atoms with Crippen LogP contribution in [-0.4, -0.2) is 17.1 Å². The van der Waals surface area contributed by atoms with Crippen LogP contribution in [0.1, 0.15) is 25.0 Å². The third-order valence-corrected chi connectivity index (χ3v) is 3.43. The summed E-state index contributed by atoms with van der Waals surface area (Å²) < 4.78 is 5.19. The first kappa shape index (κ1) is 15.3. The monoisotopic (exact) mass is 289 g/mol. The molecule has 21 heavy (non-hydrogen) atoms. The van der Waals surface area contributed by atoms with Crippen molar-refractivity contribution in [3.05, 3.63) is 45.8 Å². The molecule has 5 nitrogen and oxygen atoms in total. The number of benzene rings is 1. The number of nitrogens with one attached hydrogen (secondary N) is 1. The maximum atomic E-state index is 11.6. The maximum absolute atomic E-state index is 11.6. The van der Waals surface area contributed by atoms with Crippen molar-refractivity contribution in [1.29, 1.82) is 0 Å². The lowest BCUT2D eigenvalue weighted by atomic mass is 10.0. The van der Waals surface area contributed by atoms with Crippen LogP contribution in [0.4, 0.5) is 0 Å². The minimum atomic E-state index is -0.895. The molecular formula is C16H19NO4. The number of rotatable bonds is 5. The van der Waals surface area contributed by atoms with E-state index in [0.29, 0.717) is 12.1 Å². The fourth-order valence-corrected chi connectivity index (χ4v) is 2.31. The predicted octanol–water partition coefficient (Wildman–Crippen LogP) is 2.30. The molecule has 1 heterocycles. The number of hydrogen-bond acceptors (Lipinski definition) is 4. The number of hydrogen-bond donors (Lipinski definition) is 2. The van der Waals surface area contributed by atoms with Gasteiger partial charge in [-0.2, -0.15) is 0 Å². The molecule has 1 unspecified atom stereocenters. The first-order chi connectivity index (χ1) is 9.88. The summed E-state index contributed by atoms with van der Waals surface area (Å²) in [5.41, 5.74) is 1.84. The van der Waals surface area contributed by atoms with Gasteiger partial charge >= 0.3 is 11.6 Å². The maximum Gasteiger partial charge on any atom is 0.336 e. The van der Waals surface area contributed by atoms with Gasteiger partial charge in [0.15, 0.2) is 0 Å². The zero-order valence-electron chi connectivity index (χ0n) is 12.3. The van der Waals surface area contributed by atoms with Gasteiger partial charge in [-0.3, -0.25) is 4.79 Å². The average molecular weight is 289 g/mol. The number of aliphatic carboxylic acids is 1. The number of aryl methyl sites for hydroxylation is 1. The molecule has 2 N–H and O–H groups in total. The number of carboxylic acids is 1. The minimum Gasteiger partial charge on any atom is -0.480 e. The van der Waals surface area contributed by atoms with Gasteiger partial charge in [0.05, 0.1) is 0 Å². The van der Waals surface area contributed by atoms with Crippen molar-refractivity contribution in [2.75, 3.05) is 0 Å². The molecule has 5 heteroatoms. The fourth-order valence-electron chi connectivity index (χ4n) is 2.31. The Hall–Kier alpha value is -2.14. The lowest BCUT2D eigenvalue weighted by molar-refractivity contribution is -0.140. The quantitative estimate of drug-likeness (QED) is 0.826. The highest BCUT2D eigenvalue weighted by molar-refractivity contribution is 5.81. The molecule has 0 spiro atoms. The highest BCUT2D eigenvalue weighted by atomic mass is 16.4. The van der Waals surface area contributed by atoms with E-state index in [0.717, 1.165) is 16.5 Å². The molecule has 0 aliphatic carbocycles. The van der Waals surface area contributed by atoms with Gasteiger partial charge in [0, 0.05) is 18.0 Å². The second-order valence-corrected chi connectivity index (χ2v) is 5.53. The van der Waals surface area contributed by atoms with Gasteiger partial charge in [0.1, 0.15) is 11.6 Å². The standard InChI is InChI=1S/C16H19NO4/c1-9(2)15(16(19)20)17-8-11-7-14(18)21-13-6-10(3)4-5-12(11)13/h4-7,9,15,17H,8H2,1-3H3,(H,19,20). The molecule has 1 aromatic heterocycles. The van der Waals surface area contributed by atoms with Crippen LogP contribution in [0.2, 0.25) is 0 Å². The predicted molar refractivity (Wildman–Crippen MR) is 80.3 cm³/mol. The van der Waals surface area contributed by atoms with E-state index in [9.17, 15) is 14.7 Å². The van der Waals surface area contributed by atoms with Crippen molar-refractivity contribution in [3.8, 4) is 0 Å². The summed E-state index contributed by atoms with van der Waals surface area (Å²) in [5, 5.41) is 13.0. The lowest BCUT2D eigenvalue weighted by Crippen LogP contribution is -2.40. The topological polar surface area (TPSA) is 79.5 Å². The van der Waals surface area contributed by atoms with E-state index in [2.05, 4.69) is 5.32 Å². The molecule has 2 aromatic rings. The van der Waals surface area contributed by atoms with Crippen LogP contribution in [0.5, 0.6) is 0 Å². The summed E-state index contributed by atoms with van der Waals surface area (Å²) in [6, 6.07) is 6.37. The average Bonchev–Trinajstić information content (AvgIpc) is 2.36. The Bertz CT molecular complexity index is 718.